The maximum absolute atomic E-state index is 12.5. The largest absolute Gasteiger partial charge is 0.333 e. The summed E-state index contributed by atoms with van der Waals surface area (Å²) >= 11 is 0. The number of aromatic nitrogens is 5. The highest BCUT2D eigenvalue weighted by atomic mass is 16.2. The van der Waals surface area contributed by atoms with Crippen molar-refractivity contribution in [1.29, 1.82) is 0 Å². The molecule has 0 spiro atoms. The van der Waals surface area contributed by atoms with Gasteiger partial charge in [0, 0.05) is 57.1 Å². The van der Waals surface area contributed by atoms with Crippen molar-refractivity contribution in [3.8, 4) is 11.3 Å². The maximum atomic E-state index is 12.5. The van der Waals surface area contributed by atoms with Crippen LogP contribution in [0.5, 0.6) is 0 Å². The summed E-state index contributed by atoms with van der Waals surface area (Å²) in [5.41, 5.74) is 4.94. The third-order valence-electron chi connectivity index (χ3n) is 6.84. The van der Waals surface area contributed by atoms with Crippen molar-refractivity contribution in [2.75, 3.05) is 26.2 Å². The average molecular weight is 434 g/mol. The van der Waals surface area contributed by atoms with E-state index in [4.69, 9.17) is 5.10 Å². The van der Waals surface area contributed by atoms with Crippen molar-refractivity contribution >= 4 is 5.91 Å². The van der Waals surface area contributed by atoms with Crippen LogP contribution in [0.1, 0.15) is 59.8 Å². The van der Waals surface area contributed by atoms with Gasteiger partial charge in [0.1, 0.15) is 6.33 Å². The van der Waals surface area contributed by atoms with Crippen LogP contribution in [0.3, 0.4) is 0 Å². The first-order chi connectivity index (χ1) is 15.7. The van der Waals surface area contributed by atoms with Crippen LogP contribution in [-0.2, 0) is 13.6 Å². The lowest BCUT2D eigenvalue weighted by Gasteiger charge is -2.34. The van der Waals surface area contributed by atoms with Crippen LogP contribution in [0, 0.1) is 0 Å². The fraction of sp³-hybridized carbons (Fsp3) is 0.500. The number of hydrogen-bond donors (Lipinski definition) is 1. The molecule has 5 rings (SSSR count). The van der Waals surface area contributed by atoms with Crippen LogP contribution in [0.25, 0.3) is 11.3 Å². The molecule has 0 atom stereocenters. The van der Waals surface area contributed by atoms with E-state index in [1.54, 1.807) is 0 Å². The molecule has 0 radical (unpaired) electrons. The summed E-state index contributed by atoms with van der Waals surface area (Å²) in [6.07, 6.45) is 10.2. The first kappa shape index (κ1) is 20.9. The highest BCUT2D eigenvalue weighted by molar-refractivity contribution is 5.90. The topological polar surface area (TPSA) is 82.9 Å². The number of nitrogens with one attached hydrogen (secondary N) is 1. The van der Waals surface area contributed by atoms with Gasteiger partial charge < -0.3 is 4.90 Å². The number of amides is 1. The van der Waals surface area contributed by atoms with Crippen LogP contribution in [0.15, 0.2) is 36.8 Å². The standard InChI is InChI=1S/C24H31N7O/c1-29-15-21(16-30-11-13-31(14-12-30)24(32)23-25-17-26-27-23)22(28-29)20-9-7-19(8-10-20)18-5-3-2-4-6-18/h7-10,15,17-18H,2-6,11-14,16H2,1H3,(H,25,26,27). The summed E-state index contributed by atoms with van der Waals surface area (Å²) in [7, 11) is 1.98. The summed E-state index contributed by atoms with van der Waals surface area (Å²) in [6.45, 7) is 3.86. The van der Waals surface area contributed by atoms with E-state index in [2.05, 4.69) is 50.5 Å². The number of carbonyl (C=O) groups excluding carboxylic acids is 1. The second kappa shape index (κ2) is 9.24. The van der Waals surface area contributed by atoms with E-state index in [1.165, 1.54) is 55.1 Å². The highest BCUT2D eigenvalue weighted by Crippen LogP contribution is 2.34. The van der Waals surface area contributed by atoms with Crippen LogP contribution >= 0.6 is 0 Å². The zero-order valence-electron chi connectivity index (χ0n) is 18.7. The lowest BCUT2D eigenvalue weighted by Crippen LogP contribution is -2.48. The molecular weight excluding hydrogens is 402 g/mol. The Hall–Kier alpha value is -3.00. The van der Waals surface area contributed by atoms with E-state index in [0.717, 1.165) is 31.2 Å². The summed E-state index contributed by atoms with van der Waals surface area (Å²) in [6, 6.07) is 9.09. The molecule has 1 aliphatic heterocycles. The monoisotopic (exact) mass is 433 g/mol. The van der Waals surface area contributed by atoms with E-state index < -0.39 is 0 Å². The lowest BCUT2D eigenvalue weighted by atomic mass is 9.84. The zero-order valence-corrected chi connectivity index (χ0v) is 18.7. The number of aryl methyl sites for hydroxylation is 1. The van der Waals surface area contributed by atoms with Crippen molar-refractivity contribution in [2.24, 2.45) is 7.05 Å². The fourth-order valence-corrected chi connectivity index (χ4v) is 5.05. The number of benzene rings is 1. The summed E-state index contributed by atoms with van der Waals surface area (Å²) < 4.78 is 1.91. The molecule has 2 aromatic heterocycles. The number of nitrogens with zero attached hydrogens (tertiary/aromatic N) is 6. The summed E-state index contributed by atoms with van der Waals surface area (Å²) in [5, 5.41) is 11.2. The smallest absolute Gasteiger partial charge is 0.291 e. The van der Waals surface area contributed by atoms with Gasteiger partial charge in [0.05, 0.1) is 5.69 Å². The molecule has 2 aliphatic rings. The molecule has 8 heteroatoms. The zero-order chi connectivity index (χ0) is 21.9. The third kappa shape index (κ3) is 4.46. The first-order valence-electron chi connectivity index (χ1n) is 11.7. The minimum Gasteiger partial charge on any atom is -0.333 e. The van der Waals surface area contributed by atoms with Crippen LogP contribution in [-0.4, -0.2) is 66.8 Å². The molecule has 1 aliphatic carbocycles. The number of carbonyl (C=O) groups is 1. The molecule has 0 bridgehead atoms. The van der Waals surface area contributed by atoms with Gasteiger partial charge in [-0.1, -0.05) is 43.5 Å². The normalized spacial score (nSPS) is 18.2. The Morgan fingerprint density at radius 1 is 1.06 bits per heavy atom. The Bertz CT molecular complexity index is 1030. The van der Waals surface area contributed by atoms with Crippen molar-refractivity contribution in [1.82, 2.24) is 34.8 Å². The number of hydrogen-bond acceptors (Lipinski definition) is 5. The predicted octanol–water partition coefficient (Wildman–Crippen LogP) is 3.21. The molecule has 3 heterocycles. The summed E-state index contributed by atoms with van der Waals surface area (Å²) in [4.78, 5) is 20.7. The van der Waals surface area contributed by atoms with Crippen LogP contribution in [0.2, 0.25) is 0 Å². The molecule has 1 aromatic carbocycles. The maximum Gasteiger partial charge on any atom is 0.291 e. The fourth-order valence-electron chi connectivity index (χ4n) is 5.05. The van der Waals surface area contributed by atoms with Gasteiger partial charge in [-0.2, -0.15) is 10.2 Å². The predicted molar refractivity (Wildman–Crippen MR) is 122 cm³/mol. The molecular formula is C24H31N7O. The third-order valence-corrected chi connectivity index (χ3v) is 6.84. The molecule has 1 saturated heterocycles. The van der Waals surface area contributed by atoms with Crippen LogP contribution < -0.4 is 0 Å². The molecule has 168 valence electrons. The van der Waals surface area contributed by atoms with Crippen LogP contribution in [0.4, 0.5) is 0 Å². The Morgan fingerprint density at radius 2 is 1.81 bits per heavy atom. The Morgan fingerprint density at radius 3 is 2.50 bits per heavy atom. The van der Waals surface area contributed by atoms with Gasteiger partial charge in [-0.3, -0.25) is 19.5 Å². The first-order valence-corrected chi connectivity index (χ1v) is 11.7. The lowest BCUT2D eigenvalue weighted by molar-refractivity contribution is 0.0617. The molecule has 8 nitrogen and oxygen atoms in total. The van der Waals surface area contributed by atoms with Gasteiger partial charge in [0.25, 0.3) is 5.91 Å². The van der Waals surface area contributed by atoms with E-state index >= 15 is 0 Å². The van der Waals surface area contributed by atoms with E-state index in [1.807, 2.05) is 16.6 Å². The quantitative estimate of drug-likeness (QED) is 0.668. The Balaban J connectivity index is 1.24. The molecule has 1 saturated carbocycles. The van der Waals surface area contributed by atoms with E-state index in [-0.39, 0.29) is 5.91 Å². The van der Waals surface area contributed by atoms with Gasteiger partial charge in [-0.25, -0.2) is 4.98 Å². The highest BCUT2D eigenvalue weighted by Gasteiger charge is 2.25. The number of rotatable bonds is 5. The van der Waals surface area contributed by atoms with Crippen molar-refractivity contribution in [2.45, 2.75) is 44.6 Å². The van der Waals surface area contributed by atoms with Gasteiger partial charge >= 0.3 is 0 Å². The molecule has 3 aromatic rings. The van der Waals surface area contributed by atoms with Crippen molar-refractivity contribution in [3.05, 3.63) is 53.7 Å². The number of H-pyrrole nitrogens is 1. The Labute approximate surface area is 188 Å². The molecule has 1 N–H and O–H groups in total. The molecule has 2 fully saturated rings. The number of piperazine rings is 1. The second-order valence-corrected chi connectivity index (χ2v) is 9.04. The minimum absolute atomic E-state index is 0.0812. The molecule has 32 heavy (non-hydrogen) atoms. The SMILES string of the molecule is Cn1cc(CN2CCN(C(=O)c3ncn[nH]3)CC2)c(-c2ccc(C3CCCCC3)cc2)n1. The minimum atomic E-state index is -0.0812. The summed E-state index contributed by atoms with van der Waals surface area (Å²) in [5.74, 6) is 0.948. The van der Waals surface area contributed by atoms with Gasteiger partial charge in [0.2, 0.25) is 5.82 Å². The van der Waals surface area contributed by atoms with Gasteiger partial charge in [-0.15, -0.1) is 0 Å². The number of aromatic amines is 1. The van der Waals surface area contributed by atoms with E-state index in [0.29, 0.717) is 18.9 Å². The van der Waals surface area contributed by atoms with E-state index in [9.17, 15) is 4.79 Å². The molecule has 1 amide bonds. The molecule has 0 unspecified atom stereocenters. The second-order valence-electron chi connectivity index (χ2n) is 9.04. The van der Waals surface area contributed by atoms with Crippen molar-refractivity contribution in [3.63, 3.8) is 0 Å². The van der Waals surface area contributed by atoms with Crippen molar-refractivity contribution < 1.29 is 4.79 Å². The van der Waals surface area contributed by atoms with Gasteiger partial charge in [0.15, 0.2) is 0 Å². The average Bonchev–Trinajstić information content (AvgIpc) is 3.50. The Kier molecular flexibility index (Phi) is 6.03. The van der Waals surface area contributed by atoms with Gasteiger partial charge in [-0.05, 0) is 24.3 Å².